The van der Waals surface area contributed by atoms with Gasteiger partial charge in [-0.25, -0.2) is 0 Å². The minimum absolute atomic E-state index is 0.686. The monoisotopic (exact) mass is 184 g/mol. The van der Waals surface area contributed by atoms with Crippen molar-refractivity contribution in [3.05, 3.63) is 17.1 Å². The van der Waals surface area contributed by atoms with E-state index in [1.165, 1.54) is 11.5 Å². The van der Waals surface area contributed by atoms with Crippen molar-refractivity contribution in [2.24, 2.45) is 0 Å². The number of likely N-dealkylation sites (N-methyl/N-ethyl adjacent to an activating group) is 1. The largest absolute Gasteiger partial charge is 0.382 e. The number of aliphatic hydroxyl groups is 1. The van der Waals surface area contributed by atoms with Gasteiger partial charge in [-0.3, -0.25) is 0 Å². The van der Waals surface area contributed by atoms with Crippen LogP contribution in [-0.2, 0) is 5.60 Å². The zero-order chi connectivity index (χ0) is 8.60. The smallest absolute Gasteiger partial charge is 0.121 e. The lowest BCUT2D eigenvalue weighted by molar-refractivity contribution is 0.0454. The van der Waals surface area contributed by atoms with Crippen molar-refractivity contribution in [1.82, 2.24) is 9.27 Å². The topological polar surface area (TPSA) is 36.4 Å². The second-order valence-corrected chi connectivity index (χ2v) is 4.07. The van der Waals surface area contributed by atoms with Gasteiger partial charge in [0, 0.05) is 18.5 Å². The number of likely N-dealkylation sites (tertiary alicyclic amines) is 1. The number of hydrogen-bond acceptors (Lipinski definition) is 4. The highest BCUT2D eigenvalue weighted by atomic mass is 32.1. The Morgan fingerprint density at radius 1 is 1.75 bits per heavy atom. The molecular formula is C8H12N2OS. The van der Waals surface area contributed by atoms with Gasteiger partial charge < -0.3 is 10.0 Å². The van der Waals surface area contributed by atoms with Crippen LogP contribution in [0, 0.1) is 0 Å². The van der Waals surface area contributed by atoms with Crippen LogP contribution in [0.15, 0.2) is 11.4 Å². The first-order valence-electron chi connectivity index (χ1n) is 4.02. The quantitative estimate of drug-likeness (QED) is 0.696. The van der Waals surface area contributed by atoms with E-state index in [-0.39, 0.29) is 0 Å². The molecule has 1 fully saturated rings. The molecule has 1 aliphatic heterocycles. The van der Waals surface area contributed by atoms with Crippen molar-refractivity contribution in [2.75, 3.05) is 20.1 Å². The van der Waals surface area contributed by atoms with Crippen LogP contribution in [-0.4, -0.2) is 34.5 Å². The van der Waals surface area contributed by atoms with Gasteiger partial charge in [0.05, 0.1) is 5.69 Å². The maximum Gasteiger partial charge on any atom is 0.121 e. The number of nitrogens with zero attached hydrogens (tertiary/aromatic N) is 2. The molecule has 1 atom stereocenters. The summed E-state index contributed by atoms with van der Waals surface area (Å²) in [7, 11) is 2.02. The highest BCUT2D eigenvalue weighted by Gasteiger charge is 2.37. The molecule has 1 aromatic rings. The lowest BCUT2D eigenvalue weighted by Gasteiger charge is -2.19. The summed E-state index contributed by atoms with van der Waals surface area (Å²) < 4.78 is 4.17. The van der Waals surface area contributed by atoms with Gasteiger partial charge in [-0.2, -0.15) is 4.37 Å². The Morgan fingerprint density at radius 2 is 2.58 bits per heavy atom. The summed E-state index contributed by atoms with van der Waals surface area (Å²) in [5.74, 6) is 0. The molecule has 0 bridgehead atoms. The molecule has 12 heavy (non-hydrogen) atoms. The summed E-state index contributed by atoms with van der Waals surface area (Å²) in [4.78, 5) is 2.12. The first-order valence-corrected chi connectivity index (χ1v) is 4.86. The molecule has 66 valence electrons. The van der Waals surface area contributed by atoms with E-state index in [1.54, 1.807) is 0 Å². The maximum absolute atomic E-state index is 10.1. The van der Waals surface area contributed by atoms with Crippen molar-refractivity contribution >= 4 is 11.5 Å². The lowest BCUT2D eigenvalue weighted by Crippen LogP contribution is -2.29. The molecule has 4 heteroatoms. The second kappa shape index (κ2) is 2.80. The zero-order valence-electron chi connectivity index (χ0n) is 7.03. The van der Waals surface area contributed by atoms with E-state index in [2.05, 4.69) is 9.27 Å². The van der Waals surface area contributed by atoms with Gasteiger partial charge in [0.25, 0.3) is 0 Å². The van der Waals surface area contributed by atoms with E-state index in [0.717, 1.165) is 18.7 Å². The minimum Gasteiger partial charge on any atom is -0.382 e. The number of β-amino-alcohol motifs (C(OH)–C–C–N with tert-alkyl or cyclic N) is 1. The predicted molar refractivity (Wildman–Crippen MR) is 48.1 cm³/mol. The van der Waals surface area contributed by atoms with Crippen molar-refractivity contribution in [1.29, 1.82) is 0 Å². The van der Waals surface area contributed by atoms with Crippen LogP contribution in [0.2, 0.25) is 0 Å². The molecule has 1 N–H and O–H groups in total. The molecule has 2 rings (SSSR count). The van der Waals surface area contributed by atoms with Gasteiger partial charge in [0.1, 0.15) is 5.60 Å². The predicted octanol–water partition coefficient (Wildman–Crippen LogP) is 0.666. The fourth-order valence-corrected chi connectivity index (χ4v) is 2.24. The standard InChI is InChI=1S/C8H12N2OS/c1-10-4-3-8(11,6-10)7-2-5-12-9-7/h2,5,11H,3-4,6H2,1H3. The van der Waals surface area contributed by atoms with Crippen molar-refractivity contribution in [2.45, 2.75) is 12.0 Å². The van der Waals surface area contributed by atoms with Gasteiger partial charge >= 0.3 is 0 Å². The first kappa shape index (κ1) is 8.16. The Labute approximate surface area is 75.8 Å². The first-order chi connectivity index (χ1) is 5.71. The van der Waals surface area contributed by atoms with Crippen LogP contribution in [0.25, 0.3) is 0 Å². The van der Waals surface area contributed by atoms with Crippen LogP contribution in [0.5, 0.6) is 0 Å². The third-order valence-electron chi connectivity index (χ3n) is 2.35. The van der Waals surface area contributed by atoms with Crippen LogP contribution in [0.4, 0.5) is 0 Å². The van der Waals surface area contributed by atoms with E-state index in [9.17, 15) is 5.11 Å². The third kappa shape index (κ3) is 1.26. The van der Waals surface area contributed by atoms with Crippen molar-refractivity contribution in [3.8, 4) is 0 Å². The molecule has 0 aromatic carbocycles. The highest BCUT2D eigenvalue weighted by Crippen LogP contribution is 2.30. The molecule has 1 unspecified atom stereocenters. The Bertz CT molecular complexity index is 262. The summed E-state index contributed by atoms with van der Waals surface area (Å²) in [6, 6.07) is 1.91. The van der Waals surface area contributed by atoms with Crippen LogP contribution in [0.1, 0.15) is 12.1 Å². The summed E-state index contributed by atoms with van der Waals surface area (Å²) in [5.41, 5.74) is 0.145. The van der Waals surface area contributed by atoms with Gasteiger partial charge in [-0.1, -0.05) is 0 Å². The number of hydrogen-bond donors (Lipinski definition) is 1. The second-order valence-electron chi connectivity index (χ2n) is 3.40. The third-order valence-corrected chi connectivity index (χ3v) is 2.91. The van der Waals surface area contributed by atoms with Gasteiger partial charge in [0.15, 0.2) is 0 Å². The molecule has 0 aliphatic carbocycles. The summed E-state index contributed by atoms with van der Waals surface area (Å²) >= 11 is 1.40. The Balaban J connectivity index is 2.23. The van der Waals surface area contributed by atoms with E-state index in [4.69, 9.17) is 0 Å². The van der Waals surface area contributed by atoms with Crippen molar-refractivity contribution < 1.29 is 5.11 Å². The zero-order valence-corrected chi connectivity index (χ0v) is 7.84. The summed E-state index contributed by atoms with van der Waals surface area (Å²) in [5, 5.41) is 12.0. The van der Waals surface area contributed by atoms with Crippen LogP contribution in [0.3, 0.4) is 0 Å². The fourth-order valence-electron chi connectivity index (χ4n) is 1.64. The average Bonchev–Trinajstić information content (AvgIpc) is 2.59. The molecule has 1 saturated heterocycles. The number of aromatic nitrogens is 1. The normalized spacial score (nSPS) is 31.2. The van der Waals surface area contributed by atoms with Crippen molar-refractivity contribution in [3.63, 3.8) is 0 Å². The average molecular weight is 184 g/mol. The van der Waals surface area contributed by atoms with E-state index >= 15 is 0 Å². The Kier molecular flexibility index (Phi) is 1.90. The molecule has 1 aromatic heterocycles. The molecule has 2 heterocycles. The molecule has 0 amide bonds. The van der Waals surface area contributed by atoms with E-state index in [1.807, 2.05) is 18.5 Å². The Morgan fingerprint density at radius 3 is 3.08 bits per heavy atom. The van der Waals surface area contributed by atoms with Crippen LogP contribution < -0.4 is 0 Å². The summed E-state index contributed by atoms with van der Waals surface area (Å²) in [6.45, 7) is 1.66. The van der Waals surface area contributed by atoms with Crippen LogP contribution >= 0.6 is 11.5 Å². The Hall–Kier alpha value is -0.450. The molecule has 0 radical (unpaired) electrons. The van der Waals surface area contributed by atoms with Gasteiger partial charge in [-0.15, -0.1) is 0 Å². The maximum atomic E-state index is 10.1. The molecule has 1 aliphatic rings. The van der Waals surface area contributed by atoms with E-state index in [0.29, 0.717) is 6.54 Å². The SMILES string of the molecule is CN1CCC(O)(c2ccsn2)C1. The molecule has 3 nitrogen and oxygen atoms in total. The minimum atomic E-state index is -0.686. The summed E-state index contributed by atoms with van der Waals surface area (Å²) in [6.07, 6.45) is 0.799. The molecular weight excluding hydrogens is 172 g/mol. The highest BCUT2D eigenvalue weighted by molar-refractivity contribution is 7.03. The van der Waals surface area contributed by atoms with Gasteiger partial charge in [-0.05, 0) is 31.1 Å². The molecule has 0 saturated carbocycles. The fraction of sp³-hybridized carbons (Fsp3) is 0.625. The molecule has 0 spiro atoms. The van der Waals surface area contributed by atoms with E-state index < -0.39 is 5.60 Å². The number of rotatable bonds is 1. The van der Waals surface area contributed by atoms with Gasteiger partial charge in [0.2, 0.25) is 0 Å². The lowest BCUT2D eigenvalue weighted by atomic mass is 9.99.